The summed E-state index contributed by atoms with van der Waals surface area (Å²) in [6.07, 6.45) is 3.74. The molecule has 3 heterocycles. The summed E-state index contributed by atoms with van der Waals surface area (Å²) < 4.78 is 30.4. The molecule has 7 nitrogen and oxygen atoms in total. The summed E-state index contributed by atoms with van der Waals surface area (Å²) in [6.45, 7) is 4.14. The van der Waals surface area contributed by atoms with E-state index in [1.165, 1.54) is 21.8 Å². The fraction of sp³-hybridized carbons (Fsp3) is 0.450. The van der Waals surface area contributed by atoms with Gasteiger partial charge in [0.15, 0.2) is 0 Å². The number of hydrogen-bond acceptors (Lipinski definition) is 5. The maximum Gasteiger partial charge on any atom is 0.257 e. The number of fused-ring (bicyclic) bond motifs is 1. The Morgan fingerprint density at radius 3 is 2.57 bits per heavy atom. The Kier molecular flexibility index (Phi) is 4.93. The van der Waals surface area contributed by atoms with E-state index < -0.39 is 10.0 Å². The maximum atomic E-state index is 13.0. The Labute approximate surface area is 165 Å². The molecule has 150 valence electrons. The molecule has 0 saturated carbocycles. The average Bonchev–Trinajstić information content (AvgIpc) is 3.25. The predicted molar refractivity (Wildman–Crippen MR) is 107 cm³/mol. The van der Waals surface area contributed by atoms with E-state index >= 15 is 0 Å². The van der Waals surface area contributed by atoms with Crippen molar-refractivity contribution in [2.75, 3.05) is 37.3 Å². The van der Waals surface area contributed by atoms with E-state index in [0.29, 0.717) is 50.1 Å². The fourth-order valence-corrected chi connectivity index (χ4v) is 4.90. The molecule has 1 fully saturated rings. The second-order valence-electron chi connectivity index (χ2n) is 7.52. The second kappa shape index (κ2) is 7.25. The monoisotopic (exact) mass is 403 g/mol. The van der Waals surface area contributed by atoms with Gasteiger partial charge < -0.3 is 14.2 Å². The van der Waals surface area contributed by atoms with Crippen LogP contribution in [0.25, 0.3) is 0 Å². The molecule has 2 aliphatic rings. The van der Waals surface area contributed by atoms with Gasteiger partial charge in [0.2, 0.25) is 10.0 Å². The third-order valence-electron chi connectivity index (χ3n) is 5.63. The van der Waals surface area contributed by atoms with Crippen LogP contribution < -0.4 is 4.90 Å². The van der Waals surface area contributed by atoms with Gasteiger partial charge in [0.25, 0.3) is 5.91 Å². The zero-order chi connectivity index (χ0) is 19.9. The topological polar surface area (TPSA) is 74.1 Å². The lowest BCUT2D eigenvalue weighted by molar-refractivity contribution is 0.0696. The molecule has 1 unspecified atom stereocenters. The van der Waals surface area contributed by atoms with Gasteiger partial charge in [-0.2, -0.15) is 4.31 Å². The summed E-state index contributed by atoms with van der Waals surface area (Å²) in [5.74, 6) is 0.552. The summed E-state index contributed by atoms with van der Waals surface area (Å²) in [4.78, 5) is 17.0. The van der Waals surface area contributed by atoms with Gasteiger partial charge in [-0.15, -0.1) is 0 Å². The average molecular weight is 404 g/mol. The fourth-order valence-electron chi connectivity index (χ4n) is 4.07. The van der Waals surface area contributed by atoms with Crippen LogP contribution in [0.5, 0.6) is 0 Å². The number of anilines is 1. The Morgan fingerprint density at radius 2 is 1.86 bits per heavy atom. The molecule has 0 spiro atoms. The minimum atomic E-state index is -3.22. The number of furan rings is 1. The molecule has 2 aliphatic heterocycles. The molecule has 1 aromatic heterocycles. The van der Waals surface area contributed by atoms with E-state index in [2.05, 4.69) is 24.0 Å². The van der Waals surface area contributed by atoms with Gasteiger partial charge in [-0.3, -0.25) is 4.79 Å². The van der Waals surface area contributed by atoms with E-state index in [0.717, 1.165) is 6.42 Å². The normalized spacial score (nSPS) is 20.4. The Balaban J connectivity index is 1.49. The molecule has 8 heteroatoms. The highest BCUT2D eigenvalue weighted by Gasteiger charge is 2.31. The molecule has 28 heavy (non-hydrogen) atoms. The zero-order valence-corrected chi connectivity index (χ0v) is 17.0. The number of sulfonamides is 1. The first-order valence-corrected chi connectivity index (χ1v) is 11.3. The first kappa shape index (κ1) is 19.0. The highest BCUT2D eigenvalue weighted by atomic mass is 32.2. The van der Waals surface area contributed by atoms with Gasteiger partial charge in [0, 0.05) is 37.9 Å². The maximum absolute atomic E-state index is 13.0. The third kappa shape index (κ3) is 3.54. The number of hydrogen-bond donors (Lipinski definition) is 0. The van der Waals surface area contributed by atoms with E-state index in [1.807, 2.05) is 12.1 Å². The Hall–Kier alpha value is -2.32. The lowest BCUT2D eigenvalue weighted by atomic mass is 10.1. The molecule has 1 atom stereocenters. The molecule has 1 amide bonds. The van der Waals surface area contributed by atoms with Gasteiger partial charge >= 0.3 is 0 Å². The SMILES string of the molecule is CC1Cc2ccccc2N1Cc1occc1C(=O)N1CCN(S(C)(=O)=O)CC1. The first-order valence-electron chi connectivity index (χ1n) is 9.50. The van der Waals surface area contributed by atoms with Crippen LogP contribution in [0.4, 0.5) is 5.69 Å². The van der Waals surface area contributed by atoms with Crippen molar-refractivity contribution in [1.82, 2.24) is 9.21 Å². The van der Waals surface area contributed by atoms with Crippen molar-refractivity contribution in [3.05, 3.63) is 53.5 Å². The van der Waals surface area contributed by atoms with E-state index in [1.54, 1.807) is 17.2 Å². The van der Waals surface area contributed by atoms with Crippen LogP contribution in [-0.2, 0) is 23.0 Å². The van der Waals surface area contributed by atoms with Gasteiger partial charge in [0.1, 0.15) is 5.76 Å². The first-order chi connectivity index (χ1) is 13.3. The second-order valence-corrected chi connectivity index (χ2v) is 9.50. The molecule has 0 radical (unpaired) electrons. The van der Waals surface area contributed by atoms with Crippen molar-refractivity contribution in [2.45, 2.75) is 25.9 Å². The van der Waals surface area contributed by atoms with Crippen molar-refractivity contribution in [3.8, 4) is 0 Å². The highest BCUT2D eigenvalue weighted by Crippen LogP contribution is 2.33. The van der Waals surface area contributed by atoms with Crippen LogP contribution in [-0.4, -0.2) is 62.0 Å². The van der Waals surface area contributed by atoms with E-state index in [4.69, 9.17) is 4.42 Å². The number of para-hydroxylation sites is 1. The molecule has 0 N–H and O–H groups in total. The summed E-state index contributed by atoms with van der Waals surface area (Å²) in [5.41, 5.74) is 3.06. The van der Waals surface area contributed by atoms with E-state index in [9.17, 15) is 13.2 Å². The summed E-state index contributed by atoms with van der Waals surface area (Å²) in [5, 5.41) is 0. The van der Waals surface area contributed by atoms with Gasteiger partial charge in [-0.1, -0.05) is 18.2 Å². The minimum absolute atomic E-state index is 0.1000. The zero-order valence-electron chi connectivity index (χ0n) is 16.2. The van der Waals surface area contributed by atoms with Crippen LogP contribution >= 0.6 is 0 Å². The van der Waals surface area contributed by atoms with Crippen LogP contribution in [0.3, 0.4) is 0 Å². The van der Waals surface area contributed by atoms with Crippen molar-refractivity contribution in [3.63, 3.8) is 0 Å². The summed E-state index contributed by atoms with van der Waals surface area (Å²) >= 11 is 0. The van der Waals surface area contributed by atoms with Crippen LogP contribution in [0.2, 0.25) is 0 Å². The van der Waals surface area contributed by atoms with Crippen molar-refractivity contribution in [2.24, 2.45) is 0 Å². The molecule has 0 bridgehead atoms. The quantitative estimate of drug-likeness (QED) is 0.780. The molecule has 4 rings (SSSR count). The smallest absolute Gasteiger partial charge is 0.257 e. The number of rotatable bonds is 4. The number of piperazine rings is 1. The molecule has 1 aromatic carbocycles. The molecule has 2 aromatic rings. The molecule has 0 aliphatic carbocycles. The van der Waals surface area contributed by atoms with Crippen molar-refractivity contribution < 1.29 is 17.6 Å². The number of carbonyl (C=O) groups excluding carboxylic acids is 1. The van der Waals surface area contributed by atoms with Gasteiger partial charge in [0.05, 0.1) is 24.6 Å². The minimum Gasteiger partial charge on any atom is -0.467 e. The third-order valence-corrected chi connectivity index (χ3v) is 6.94. The number of benzene rings is 1. The van der Waals surface area contributed by atoms with Gasteiger partial charge in [-0.25, -0.2) is 8.42 Å². The summed E-state index contributed by atoms with van der Waals surface area (Å²) in [7, 11) is -3.22. The largest absolute Gasteiger partial charge is 0.467 e. The van der Waals surface area contributed by atoms with Crippen LogP contribution in [0.1, 0.15) is 28.6 Å². The number of carbonyl (C=O) groups is 1. The lowest BCUT2D eigenvalue weighted by Gasteiger charge is -2.33. The lowest BCUT2D eigenvalue weighted by Crippen LogP contribution is -2.50. The molecular weight excluding hydrogens is 378 g/mol. The van der Waals surface area contributed by atoms with E-state index in [-0.39, 0.29) is 5.91 Å². The molecular formula is C20H25N3O4S. The van der Waals surface area contributed by atoms with Crippen molar-refractivity contribution in [1.29, 1.82) is 0 Å². The van der Waals surface area contributed by atoms with Crippen molar-refractivity contribution >= 4 is 21.6 Å². The number of amides is 1. The predicted octanol–water partition coefficient (Wildman–Crippen LogP) is 1.95. The van der Waals surface area contributed by atoms with Crippen LogP contribution in [0.15, 0.2) is 41.0 Å². The number of nitrogens with zero attached hydrogens (tertiary/aromatic N) is 3. The molecule has 1 saturated heterocycles. The standard InChI is InChI=1S/C20H25N3O4S/c1-15-13-16-5-3-4-6-18(16)23(15)14-19-17(7-12-27-19)20(24)21-8-10-22(11-9-21)28(2,25)26/h3-7,12,15H,8-11,13-14H2,1-2H3. The highest BCUT2D eigenvalue weighted by molar-refractivity contribution is 7.88. The Morgan fingerprint density at radius 1 is 1.14 bits per heavy atom. The summed E-state index contributed by atoms with van der Waals surface area (Å²) in [6, 6.07) is 10.4. The van der Waals surface area contributed by atoms with Gasteiger partial charge in [-0.05, 0) is 31.0 Å². The van der Waals surface area contributed by atoms with Crippen LogP contribution in [0, 0.1) is 0 Å². The Bertz CT molecular complexity index is 977.